The van der Waals surface area contributed by atoms with Crippen LogP contribution in [0.1, 0.15) is 22.8 Å². The Balaban J connectivity index is 1.95. The van der Waals surface area contributed by atoms with Crippen LogP contribution in [0.4, 0.5) is 8.78 Å². The molecule has 0 aromatic heterocycles. The van der Waals surface area contributed by atoms with Crippen LogP contribution in [-0.4, -0.2) is 32.9 Å². The van der Waals surface area contributed by atoms with Gasteiger partial charge < -0.3 is 0 Å². The molecule has 0 N–H and O–H groups in total. The third kappa shape index (κ3) is 5.28. The van der Waals surface area contributed by atoms with Crippen LogP contribution >= 0.6 is 0 Å². The summed E-state index contributed by atoms with van der Waals surface area (Å²) in [6.07, 6.45) is 0. The van der Waals surface area contributed by atoms with E-state index >= 15 is 0 Å². The molecule has 0 spiro atoms. The van der Waals surface area contributed by atoms with Gasteiger partial charge in [0, 0.05) is 12.1 Å². The molecule has 0 aliphatic heterocycles. The fourth-order valence-corrected chi connectivity index (χ4v) is 7.89. The second kappa shape index (κ2) is 10.6. The first kappa shape index (κ1) is 27.3. The number of benzene rings is 4. The van der Waals surface area contributed by atoms with Crippen LogP contribution in [0.5, 0.6) is 0 Å². The van der Waals surface area contributed by atoms with Crippen LogP contribution in [-0.2, 0) is 25.5 Å². The van der Waals surface area contributed by atoms with Gasteiger partial charge in [0.2, 0.25) is 0 Å². The summed E-state index contributed by atoms with van der Waals surface area (Å²) in [7, 11) is -9.44. The molecule has 0 heterocycles. The molecule has 4 aromatic carbocycles. The Kier molecular flexibility index (Phi) is 7.59. The smallest absolute Gasteiger partial charge is 0.256 e. The van der Waals surface area contributed by atoms with E-state index in [1.807, 2.05) is 0 Å². The Morgan fingerprint density at radius 1 is 0.658 bits per heavy atom. The summed E-state index contributed by atoms with van der Waals surface area (Å²) in [4.78, 5) is 13.3. The number of hydrogen-bond donors (Lipinski definition) is 0. The summed E-state index contributed by atoms with van der Waals surface area (Å²) < 4.78 is 83.1. The van der Waals surface area contributed by atoms with E-state index in [0.717, 1.165) is 24.3 Å². The summed E-state index contributed by atoms with van der Waals surface area (Å²) in [6, 6.07) is 23.3. The van der Waals surface area contributed by atoms with Gasteiger partial charge in [-0.3, -0.25) is 4.79 Å². The van der Waals surface area contributed by atoms with E-state index < -0.39 is 49.4 Å². The van der Waals surface area contributed by atoms with Gasteiger partial charge in [-0.2, -0.15) is 0 Å². The summed E-state index contributed by atoms with van der Waals surface area (Å²) in [5.41, 5.74) is -1.63. The van der Waals surface area contributed by atoms with E-state index in [4.69, 9.17) is 0 Å². The number of Topliss-reactive ketones (excluding diaryl/α,β-unsaturated/α-hetero) is 1. The molecule has 0 amide bonds. The van der Waals surface area contributed by atoms with Gasteiger partial charge in [-0.05, 0) is 73.2 Å². The molecule has 1 atom stereocenters. The monoisotopic (exact) mass is 555 g/mol. The van der Waals surface area contributed by atoms with E-state index in [0.29, 0.717) is 3.71 Å². The van der Waals surface area contributed by atoms with E-state index in [2.05, 4.69) is 0 Å². The summed E-state index contributed by atoms with van der Waals surface area (Å²) >= 11 is 0. The SMILES string of the molecule is CC(CN(S(=O)(=O)c1ccccc1)S(=O)(=O)c1ccccc1)(C(=O)c1ccc(F)cc1)c1ccc(F)cc1. The average Bonchev–Trinajstić information content (AvgIpc) is 2.93. The molecular formula is C28H23F2NO5S2. The first-order chi connectivity index (χ1) is 18.0. The van der Waals surface area contributed by atoms with Crippen molar-refractivity contribution in [2.45, 2.75) is 22.1 Å². The number of hydrogen-bond acceptors (Lipinski definition) is 5. The molecule has 38 heavy (non-hydrogen) atoms. The maximum absolute atomic E-state index is 13.9. The topological polar surface area (TPSA) is 88.6 Å². The quantitative estimate of drug-likeness (QED) is 0.266. The lowest BCUT2D eigenvalue weighted by Crippen LogP contribution is -2.49. The molecule has 0 bridgehead atoms. The largest absolute Gasteiger partial charge is 0.293 e. The van der Waals surface area contributed by atoms with E-state index in [1.165, 1.54) is 79.7 Å². The Labute approximate surface area is 220 Å². The van der Waals surface area contributed by atoms with Gasteiger partial charge in [-0.15, -0.1) is 0 Å². The van der Waals surface area contributed by atoms with Gasteiger partial charge >= 0.3 is 0 Å². The molecule has 196 valence electrons. The van der Waals surface area contributed by atoms with Crippen LogP contribution in [0.25, 0.3) is 0 Å². The highest BCUT2D eigenvalue weighted by atomic mass is 32.3. The Hall–Kier alpha value is -3.73. The van der Waals surface area contributed by atoms with Gasteiger partial charge in [0.15, 0.2) is 5.78 Å². The molecule has 1 unspecified atom stereocenters. The number of nitrogens with zero attached hydrogens (tertiary/aromatic N) is 1. The minimum absolute atomic E-state index is 0.0207. The zero-order valence-electron chi connectivity index (χ0n) is 20.2. The maximum atomic E-state index is 13.9. The molecule has 0 aliphatic rings. The third-order valence-electron chi connectivity index (χ3n) is 6.15. The van der Waals surface area contributed by atoms with Crippen molar-refractivity contribution in [1.29, 1.82) is 0 Å². The predicted octanol–water partition coefficient (Wildman–Crippen LogP) is 5.19. The van der Waals surface area contributed by atoms with Crippen LogP contribution in [0.2, 0.25) is 0 Å². The van der Waals surface area contributed by atoms with Crippen molar-refractivity contribution in [1.82, 2.24) is 3.71 Å². The van der Waals surface area contributed by atoms with Gasteiger partial charge in [0.05, 0.1) is 15.2 Å². The van der Waals surface area contributed by atoms with Crippen LogP contribution < -0.4 is 0 Å². The van der Waals surface area contributed by atoms with Gasteiger partial charge in [-0.1, -0.05) is 52.2 Å². The molecule has 4 rings (SSSR count). The van der Waals surface area contributed by atoms with Gasteiger partial charge in [0.25, 0.3) is 20.0 Å². The zero-order valence-corrected chi connectivity index (χ0v) is 21.8. The molecule has 4 aromatic rings. The molecule has 0 aliphatic carbocycles. The van der Waals surface area contributed by atoms with Crippen LogP contribution in [0, 0.1) is 11.6 Å². The first-order valence-electron chi connectivity index (χ1n) is 11.4. The second-order valence-corrected chi connectivity index (χ2v) is 12.7. The molecule has 0 saturated heterocycles. The number of rotatable bonds is 9. The van der Waals surface area contributed by atoms with Crippen molar-refractivity contribution in [2.24, 2.45) is 0 Å². The van der Waals surface area contributed by atoms with Gasteiger partial charge in [0.1, 0.15) is 11.6 Å². The Bertz CT molecular complexity index is 1570. The number of sulfonamides is 2. The number of halogens is 2. The van der Waals surface area contributed by atoms with E-state index in [1.54, 1.807) is 12.1 Å². The van der Waals surface area contributed by atoms with E-state index in [9.17, 15) is 30.4 Å². The van der Waals surface area contributed by atoms with Crippen LogP contribution in [0.3, 0.4) is 0 Å². The predicted molar refractivity (Wildman–Crippen MR) is 138 cm³/mol. The molecule has 0 fully saturated rings. The summed E-state index contributed by atoms with van der Waals surface area (Å²) in [5, 5.41) is 0. The lowest BCUT2D eigenvalue weighted by molar-refractivity contribution is 0.0889. The van der Waals surface area contributed by atoms with Crippen LogP contribution in [0.15, 0.2) is 119 Å². The van der Waals surface area contributed by atoms with Crippen molar-refractivity contribution in [2.75, 3.05) is 6.54 Å². The fraction of sp³-hybridized carbons (Fsp3) is 0.107. The highest BCUT2D eigenvalue weighted by molar-refractivity contribution is 8.04. The normalized spacial score (nSPS) is 13.7. The molecule has 0 radical (unpaired) electrons. The van der Waals surface area contributed by atoms with Crippen molar-refractivity contribution >= 4 is 25.8 Å². The zero-order chi connectivity index (χ0) is 27.6. The minimum atomic E-state index is -4.72. The summed E-state index contributed by atoms with van der Waals surface area (Å²) in [5.74, 6) is -1.87. The molecule has 6 nitrogen and oxygen atoms in total. The van der Waals surface area contributed by atoms with Crippen molar-refractivity contribution in [3.63, 3.8) is 0 Å². The minimum Gasteiger partial charge on any atom is -0.293 e. The first-order valence-corrected chi connectivity index (χ1v) is 14.3. The number of ketones is 1. The Morgan fingerprint density at radius 3 is 1.47 bits per heavy atom. The Morgan fingerprint density at radius 2 is 1.05 bits per heavy atom. The van der Waals surface area contributed by atoms with Crippen molar-refractivity contribution < 1.29 is 30.4 Å². The lowest BCUT2D eigenvalue weighted by atomic mass is 9.76. The summed E-state index contributed by atoms with van der Waals surface area (Å²) in [6.45, 7) is 0.531. The van der Waals surface area contributed by atoms with Crippen molar-refractivity contribution in [3.8, 4) is 0 Å². The number of carbonyl (C=O) groups excluding carboxylic acids is 1. The third-order valence-corrected chi connectivity index (χ3v) is 10.4. The molecular weight excluding hydrogens is 532 g/mol. The molecule has 10 heteroatoms. The van der Waals surface area contributed by atoms with Crippen molar-refractivity contribution in [3.05, 3.63) is 132 Å². The fourth-order valence-electron chi connectivity index (χ4n) is 4.01. The molecule has 0 saturated carbocycles. The number of carbonyl (C=O) groups is 1. The standard InChI is InChI=1S/C28H23F2NO5S2/c1-28(22-14-18-24(30)19-15-22,27(32)21-12-16-23(29)17-13-21)20-31(37(33,34)25-8-4-2-5-9-25)38(35,36)26-10-6-3-7-11-26/h2-19H,20H2,1H3. The second-order valence-electron chi connectivity index (χ2n) is 8.74. The highest BCUT2D eigenvalue weighted by Crippen LogP contribution is 2.35. The van der Waals surface area contributed by atoms with E-state index in [-0.39, 0.29) is 20.9 Å². The maximum Gasteiger partial charge on any atom is 0.256 e. The highest BCUT2D eigenvalue weighted by Gasteiger charge is 2.46. The average molecular weight is 556 g/mol. The lowest BCUT2D eigenvalue weighted by Gasteiger charge is -2.34. The van der Waals surface area contributed by atoms with Gasteiger partial charge in [-0.25, -0.2) is 25.6 Å².